The molecule has 0 amide bonds. The molecular weight excluding hydrogens is 1870 g/mol. The van der Waals surface area contributed by atoms with E-state index in [1.807, 2.05) is 49.6 Å². The molecule has 12 aromatic rings. The van der Waals surface area contributed by atoms with Crippen LogP contribution >= 0.6 is 0 Å². The van der Waals surface area contributed by atoms with Crippen LogP contribution in [-0.2, 0) is 30.4 Å². The van der Waals surface area contributed by atoms with Crippen molar-refractivity contribution in [2.45, 2.75) is 384 Å². The summed E-state index contributed by atoms with van der Waals surface area (Å²) in [7, 11) is 1.58. The third-order valence-corrected chi connectivity index (χ3v) is 25.9. The fourth-order valence-electron chi connectivity index (χ4n) is 16.9. The number of nitrogens with one attached hydrogen (secondary N) is 6. The van der Waals surface area contributed by atoms with E-state index in [0.717, 1.165) is 188 Å². The number of nitrogen functional groups attached to an aromatic ring is 6. The van der Waals surface area contributed by atoms with Gasteiger partial charge >= 0.3 is 0 Å². The van der Waals surface area contributed by atoms with E-state index < -0.39 is 0 Å². The van der Waals surface area contributed by atoms with Gasteiger partial charge in [-0.2, -0.15) is 29.9 Å². The lowest BCUT2D eigenvalue weighted by Crippen LogP contribution is -2.36. The van der Waals surface area contributed by atoms with Gasteiger partial charge < -0.3 is 105 Å². The molecule has 0 saturated heterocycles. The maximum atomic E-state index is 11.5. The van der Waals surface area contributed by atoms with Crippen molar-refractivity contribution in [3.05, 3.63) is 103 Å². The number of ketones is 5. The van der Waals surface area contributed by atoms with Crippen LogP contribution in [0.1, 0.15) is 356 Å². The average molecular weight is 2040 g/mol. The molecule has 0 radical (unpaired) electrons. The summed E-state index contributed by atoms with van der Waals surface area (Å²) in [6.45, 7) is 48.8. The van der Waals surface area contributed by atoms with E-state index in [2.05, 4.69) is 239 Å². The van der Waals surface area contributed by atoms with Gasteiger partial charge in [0.25, 0.3) is 0 Å². The van der Waals surface area contributed by atoms with Crippen molar-refractivity contribution in [1.29, 1.82) is 0 Å². The second-order valence-corrected chi connectivity index (χ2v) is 40.9. The van der Waals surface area contributed by atoms with Crippen LogP contribution in [0.3, 0.4) is 0 Å². The smallest absolute Gasteiger partial charge is 0.222 e. The molecule has 12 aromatic heterocycles. The number of allylic oxidation sites excluding steroid dienone is 1. The van der Waals surface area contributed by atoms with Gasteiger partial charge in [0.1, 0.15) is 95.8 Å². The fraction of sp³-hybridized carbons (Fsp3) is 0.555. The molecule has 6 atom stereocenters. The van der Waals surface area contributed by atoms with Crippen LogP contribution in [0.25, 0.3) is 66.2 Å². The quantitative estimate of drug-likeness (QED) is 0.0157. The predicted octanol–water partition coefficient (Wildman–Crippen LogP) is 22.4. The zero-order valence-corrected chi connectivity index (χ0v) is 92.0. The zero-order chi connectivity index (χ0) is 109. The minimum absolute atomic E-state index is 0.0249. The number of unbranched alkanes of at least 4 members (excludes halogenated alkanes) is 5. The summed E-state index contributed by atoms with van der Waals surface area (Å²) >= 11 is 0. The van der Waals surface area contributed by atoms with Gasteiger partial charge in [-0.3, -0.25) is 15.0 Å². The molecule has 148 heavy (non-hydrogen) atoms. The first-order valence-electron chi connectivity index (χ1n) is 52.3. The number of nitrogens with two attached hydrogens (primary N) is 6. The van der Waals surface area contributed by atoms with Crippen LogP contribution in [0.2, 0.25) is 0 Å². The predicted molar refractivity (Wildman–Crippen MR) is 602 cm³/mol. The number of carbonyl (C=O) groups excluding carboxylic acids is 5. The summed E-state index contributed by atoms with van der Waals surface area (Å²) in [5, 5.41) is 30.6. The van der Waals surface area contributed by atoms with Crippen LogP contribution < -0.4 is 75.8 Å². The van der Waals surface area contributed by atoms with E-state index in [0.29, 0.717) is 141 Å². The standard InChI is InChI=1S/C20H31N5O.C20H31N5.C19H29N5O2.C18H27N5O2.C17H25N5O2.C16H23N5O/c1-6-7-9-20(5,10-8-14(4)26)25-18-17-16(23-19(21)24-18)11-15(12-22-17)13(2)3;1-6-8-10-20(5,11-9-14(3)4)25-18-17-16(23-19(21)24-18)12-15(7-2)13-22-17;1-5-7-9-19(4,10-8-13(3)25)24-17-16-15(22-18(20)23-17)11-14(12-21-16)26-6-2;1-5-6-8-18(3,9-7-12(2)24)23-16-15-14(21-17(19)22-16)10-13(25-4)11-20-15;1-4-5-7-17(3,8-6-11(2)23)22-15-14-13(20-16(18)21-15)9-12(24)10-19-14;1-4-8-16(3,9-7-11(2)22)21-14-13-12(6-5-10-18-13)19-15(17)20-14/h11-13H,6-10H2,1-5H3,(H3,21,23,24,25);12-13H,3,6-11H2,1-2,4-5H3,(H3,21,23,24,25);11-12H,5-10H2,1-4H3,(H3,20,22,23,24);10-11H,5-9H2,1-4H3,(H3,19,21,22,23);9-10,24H,4-8H2,1-3H3,(H3,18,20,21,22);5-6,10H,4,7-9H2,1-3H3,(H3,17,19,20,21)/t2*20-;19-;18-;17-;16-/m111111/s1. The number of carbonyl (C=O) groups is 5. The molecule has 0 bridgehead atoms. The summed E-state index contributed by atoms with van der Waals surface area (Å²) in [5.41, 5.74) is 45.4. The van der Waals surface area contributed by atoms with E-state index in [1.165, 1.54) is 17.8 Å². The van der Waals surface area contributed by atoms with Gasteiger partial charge in [-0.15, -0.1) is 6.58 Å². The molecule has 38 nitrogen and oxygen atoms in total. The van der Waals surface area contributed by atoms with Crippen molar-refractivity contribution in [2.75, 3.05) is 80.0 Å². The molecule has 0 saturated carbocycles. The summed E-state index contributed by atoms with van der Waals surface area (Å²) in [4.78, 5) is 135. The van der Waals surface area contributed by atoms with Crippen molar-refractivity contribution in [3.63, 3.8) is 0 Å². The topological polar surface area (TPSA) is 584 Å². The molecule has 0 aliphatic carbocycles. The normalized spacial score (nSPS) is 13.6. The Labute approximate surface area is 873 Å². The van der Waals surface area contributed by atoms with Crippen LogP contribution in [-0.4, -0.2) is 171 Å². The summed E-state index contributed by atoms with van der Waals surface area (Å²) < 4.78 is 10.7. The minimum Gasteiger partial charge on any atom is -0.506 e. The lowest BCUT2D eigenvalue weighted by atomic mass is 9.88. The number of anilines is 12. The molecule has 12 heterocycles. The maximum absolute atomic E-state index is 11.5. The second kappa shape index (κ2) is 58.0. The van der Waals surface area contributed by atoms with Gasteiger partial charge in [0.2, 0.25) is 35.7 Å². The van der Waals surface area contributed by atoms with Crippen molar-refractivity contribution in [2.24, 2.45) is 0 Å². The number of nitrogens with zero attached hydrogens (tertiary/aromatic N) is 18. The average Bonchev–Trinajstić information content (AvgIpc) is 0.817. The molecule has 12 rings (SSSR count). The highest BCUT2D eigenvalue weighted by Crippen LogP contribution is 2.38. The number of aromatic nitrogens is 18. The van der Waals surface area contributed by atoms with Gasteiger partial charge in [-0.1, -0.05) is 139 Å². The number of ether oxygens (including phenoxy) is 2. The molecule has 804 valence electrons. The van der Waals surface area contributed by atoms with Crippen LogP contribution in [0.4, 0.5) is 70.6 Å². The van der Waals surface area contributed by atoms with E-state index >= 15 is 0 Å². The summed E-state index contributed by atoms with van der Waals surface area (Å²) in [6.07, 6.45) is 36.9. The number of hydrogen-bond donors (Lipinski definition) is 13. The minimum atomic E-state index is -0.297. The molecule has 0 unspecified atom stereocenters. The number of aromatic hydroxyl groups is 1. The Hall–Kier alpha value is -14.0. The number of aryl methyl sites for hydroxylation is 1. The maximum Gasteiger partial charge on any atom is 0.222 e. The molecule has 0 aromatic carbocycles. The SMILES string of the molecule is C=C(C)CC[C@@](C)(CCCC)Nc1nc(N)nc2cc(CC)cnc12.CCCC[C@](C)(CCC(C)=O)Nc1nc(N)nc2cc(C(C)C)cnc12.CCCC[C@](C)(CCC(C)=O)Nc1nc(N)nc2cc(O)cnc12.CCCC[C@](C)(CCC(C)=O)Nc1nc(N)nc2cc(OC)cnc12.CCCC[C@](C)(CCC(C)=O)Nc1nc(N)nc2cc(OCC)cnc12.CCC[C@](C)(CCC(C)=O)Nc1nc(N)nc2cccnc12. The lowest BCUT2D eigenvalue weighted by molar-refractivity contribution is -0.118. The number of methoxy groups -OCH3 is 1. The number of fused-ring (bicyclic) bond motifs is 6. The number of rotatable bonds is 52. The van der Waals surface area contributed by atoms with Crippen molar-refractivity contribution in [3.8, 4) is 17.2 Å². The highest BCUT2D eigenvalue weighted by Gasteiger charge is 2.34. The van der Waals surface area contributed by atoms with Crippen molar-refractivity contribution >= 4 is 166 Å². The molecule has 19 N–H and O–H groups in total. The first kappa shape index (κ1) is 121. The fourth-order valence-corrected chi connectivity index (χ4v) is 16.9. The molecule has 0 aliphatic rings. The lowest BCUT2D eigenvalue weighted by Gasteiger charge is -2.32. The van der Waals surface area contributed by atoms with E-state index in [-0.39, 0.29) is 104 Å². The van der Waals surface area contributed by atoms with Crippen molar-refractivity contribution < 1.29 is 38.6 Å². The molecular formula is C110H166N30O8. The van der Waals surface area contributed by atoms with Gasteiger partial charge in [-0.05, 0) is 221 Å². The Morgan fingerprint density at radius 1 is 0.345 bits per heavy atom. The Balaban J connectivity index is 0.000000241. The van der Waals surface area contributed by atoms with Gasteiger partial charge in [0.15, 0.2) is 34.9 Å². The Morgan fingerprint density at radius 3 is 0.939 bits per heavy atom. The Morgan fingerprint density at radius 2 is 0.628 bits per heavy atom. The molecule has 0 fully saturated rings. The summed E-state index contributed by atoms with van der Waals surface area (Å²) in [5.74, 6) is 7.46. The molecule has 38 heteroatoms. The van der Waals surface area contributed by atoms with E-state index in [9.17, 15) is 29.1 Å². The number of hydrogen-bond acceptors (Lipinski definition) is 38. The monoisotopic (exact) mass is 2040 g/mol. The first-order chi connectivity index (χ1) is 70.1. The van der Waals surface area contributed by atoms with Gasteiger partial charge in [-0.25, -0.2) is 44.9 Å². The first-order valence-corrected chi connectivity index (χ1v) is 52.3. The van der Waals surface area contributed by atoms with Crippen molar-refractivity contribution in [1.82, 2.24) is 89.7 Å². The Bertz CT molecular complexity index is 6260. The summed E-state index contributed by atoms with van der Waals surface area (Å²) in [6, 6.07) is 12.8. The van der Waals surface area contributed by atoms with Gasteiger partial charge in [0.05, 0.1) is 48.9 Å². The largest absolute Gasteiger partial charge is 0.506 e. The van der Waals surface area contributed by atoms with Crippen LogP contribution in [0.5, 0.6) is 17.2 Å². The number of Topliss-reactive ketones (excluding diaryl/α,β-unsaturated/α-hetero) is 5. The van der Waals surface area contributed by atoms with Crippen LogP contribution in [0, 0.1) is 0 Å². The second-order valence-electron chi connectivity index (χ2n) is 40.9. The van der Waals surface area contributed by atoms with E-state index in [1.54, 1.807) is 66.4 Å². The third-order valence-electron chi connectivity index (χ3n) is 25.9. The Kier molecular flexibility index (Phi) is 47.4. The highest BCUT2D eigenvalue weighted by atomic mass is 16.5. The third kappa shape index (κ3) is 39.3. The zero-order valence-electron chi connectivity index (χ0n) is 92.0. The highest BCUT2D eigenvalue weighted by molar-refractivity contribution is 5.92. The molecule has 0 spiro atoms. The molecule has 0 aliphatic heterocycles. The van der Waals surface area contributed by atoms with Gasteiger partial charge in [0, 0.05) is 102 Å². The van der Waals surface area contributed by atoms with E-state index in [4.69, 9.17) is 43.9 Å². The number of pyridine rings is 6. The van der Waals surface area contributed by atoms with Crippen LogP contribution in [0.15, 0.2) is 91.8 Å².